The lowest BCUT2D eigenvalue weighted by atomic mass is 9.85. The minimum absolute atomic E-state index is 0.147. The first-order chi connectivity index (χ1) is 16.6. The van der Waals surface area contributed by atoms with E-state index in [9.17, 15) is 9.59 Å². The van der Waals surface area contributed by atoms with Crippen molar-refractivity contribution in [1.82, 2.24) is 4.57 Å². The van der Waals surface area contributed by atoms with Gasteiger partial charge in [0.25, 0.3) is 5.91 Å². The second-order valence-electron chi connectivity index (χ2n) is 8.43. The van der Waals surface area contributed by atoms with E-state index in [1.165, 1.54) is 0 Å². The fourth-order valence-corrected chi connectivity index (χ4v) is 4.87. The summed E-state index contributed by atoms with van der Waals surface area (Å²) in [4.78, 5) is 26.9. The Labute approximate surface area is 202 Å². The van der Waals surface area contributed by atoms with Gasteiger partial charge in [-0.15, -0.1) is 0 Å². The highest BCUT2D eigenvalue weighted by Crippen LogP contribution is 2.41. The number of halogens is 1. The third kappa shape index (κ3) is 4.08. The second-order valence-corrected chi connectivity index (χ2v) is 8.87. The average molecular weight is 474 g/mol. The molecule has 0 fully saturated rings. The van der Waals surface area contributed by atoms with Crippen LogP contribution in [-0.4, -0.2) is 23.6 Å². The summed E-state index contributed by atoms with van der Waals surface area (Å²) in [7, 11) is 1.61. The van der Waals surface area contributed by atoms with Gasteiger partial charge in [0.1, 0.15) is 12.4 Å². The van der Waals surface area contributed by atoms with Gasteiger partial charge in [0.15, 0.2) is 0 Å². The SMILES string of the molecule is COc1ccc2c(c1)c1c(n2C(=O)c2ccc(Cl)cc2)CCCC1C(=O)OCc1ccccc1. The number of carbonyl (C=O) groups excluding carboxylic acids is 2. The third-order valence-electron chi connectivity index (χ3n) is 6.37. The molecule has 5 rings (SSSR count). The van der Waals surface area contributed by atoms with E-state index in [-0.39, 0.29) is 18.5 Å². The predicted octanol–water partition coefficient (Wildman–Crippen LogP) is 6.16. The Bertz CT molecular complexity index is 1360. The first kappa shape index (κ1) is 22.2. The number of rotatable bonds is 5. The number of methoxy groups -OCH3 is 1. The smallest absolute Gasteiger partial charge is 0.313 e. The van der Waals surface area contributed by atoms with E-state index in [0.717, 1.165) is 34.1 Å². The maximum absolute atomic E-state index is 13.6. The van der Waals surface area contributed by atoms with E-state index >= 15 is 0 Å². The van der Waals surface area contributed by atoms with Crippen molar-refractivity contribution in [2.24, 2.45) is 0 Å². The lowest BCUT2D eigenvalue weighted by molar-refractivity contribution is -0.147. The van der Waals surface area contributed by atoms with Crippen molar-refractivity contribution < 1.29 is 19.1 Å². The van der Waals surface area contributed by atoms with E-state index in [4.69, 9.17) is 21.1 Å². The van der Waals surface area contributed by atoms with Crippen LogP contribution in [-0.2, 0) is 22.6 Å². The fraction of sp³-hybridized carbons (Fsp3) is 0.214. The molecule has 1 unspecified atom stereocenters. The summed E-state index contributed by atoms with van der Waals surface area (Å²) < 4.78 is 12.9. The van der Waals surface area contributed by atoms with Gasteiger partial charge >= 0.3 is 5.97 Å². The molecule has 172 valence electrons. The van der Waals surface area contributed by atoms with Crippen LogP contribution in [0.4, 0.5) is 0 Å². The number of nitrogens with zero attached hydrogens (tertiary/aromatic N) is 1. The minimum Gasteiger partial charge on any atom is -0.497 e. The highest BCUT2D eigenvalue weighted by Gasteiger charge is 2.34. The lowest BCUT2D eigenvalue weighted by Crippen LogP contribution is -2.23. The zero-order valence-electron chi connectivity index (χ0n) is 18.8. The quantitative estimate of drug-likeness (QED) is 0.326. The van der Waals surface area contributed by atoms with Crippen molar-refractivity contribution in [2.75, 3.05) is 7.11 Å². The van der Waals surface area contributed by atoms with Crippen molar-refractivity contribution >= 4 is 34.4 Å². The first-order valence-corrected chi connectivity index (χ1v) is 11.7. The summed E-state index contributed by atoms with van der Waals surface area (Å²) in [6.45, 7) is 0.219. The summed E-state index contributed by atoms with van der Waals surface area (Å²) >= 11 is 6.03. The highest BCUT2D eigenvalue weighted by molar-refractivity contribution is 6.30. The average Bonchev–Trinajstić information content (AvgIpc) is 3.21. The van der Waals surface area contributed by atoms with Gasteiger partial charge in [-0.25, -0.2) is 0 Å². The van der Waals surface area contributed by atoms with E-state index in [0.29, 0.717) is 29.2 Å². The van der Waals surface area contributed by atoms with Crippen LogP contribution in [0, 0.1) is 0 Å². The monoisotopic (exact) mass is 473 g/mol. The molecule has 0 spiro atoms. The van der Waals surface area contributed by atoms with Crippen LogP contribution >= 0.6 is 11.6 Å². The van der Waals surface area contributed by atoms with Crippen LogP contribution in [0.25, 0.3) is 10.9 Å². The summed E-state index contributed by atoms with van der Waals surface area (Å²) in [6.07, 6.45) is 2.17. The molecule has 1 atom stereocenters. The largest absolute Gasteiger partial charge is 0.497 e. The minimum atomic E-state index is -0.443. The van der Waals surface area contributed by atoms with Crippen LogP contribution in [0.5, 0.6) is 5.75 Å². The van der Waals surface area contributed by atoms with Crippen molar-refractivity contribution in [2.45, 2.75) is 31.8 Å². The van der Waals surface area contributed by atoms with E-state index in [1.807, 2.05) is 48.5 Å². The Morgan fingerprint density at radius 1 is 1.03 bits per heavy atom. The van der Waals surface area contributed by atoms with Gasteiger partial charge in [-0.05, 0) is 72.9 Å². The van der Waals surface area contributed by atoms with Gasteiger partial charge in [0.2, 0.25) is 0 Å². The summed E-state index contributed by atoms with van der Waals surface area (Å²) in [5.41, 5.74) is 3.95. The summed E-state index contributed by atoms with van der Waals surface area (Å²) in [6, 6.07) is 22.1. The summed E-state index contributed by atoms with van der Waals surface area (Å²) in [5.74, 6) is -0.188. The number of carbonyl (C=O) groups is 2. The molecule has 3 aromatic carbocycles. The molecule has 6 heteroatoms. The Morgan fingerprint density at radius 2 is 1.79 bits per heavy atom. The predicted molar refractivity (Wildman–Crippen MR) is 132 cm³/mol. The Balaban J connectivity index is 1.58. The third-order valence-corrected chi connectivity index (χ3v) is 6.63. The zero-order chi connectivity index (χ0) is 23.7. The standard InChI is InChI=1S/C28H24ClNO4/c1-33-21-14-15-24-23(16-21)26-22(28(32)34-17-18-6-3-2-4-7-18)8-5-9-25(26)30(24)27(31)19-10-12-20(29)13-11-19/h2-4,6-7,10-16,22H,5,8-9,17H2,1H3. The molecular weight excluding hydrogens is 450 g/mol. The fourth-order valence-electron chi connectivity index (χ4n) is 4.75. The van der Waals surface area contributed by atoms with Gasteiger partial charge in [-0.3, -0.25) is 14.2 Å². The molecule has 0 aliphatic heterocycles. The number of hydrogen-bond donors (Lipinski definition) is 0. The van der Waals surface area contributed by atoms with Crippen molar-refractivity contribution in [3.63, 3.8) is 0 Å². The molecule has 1 aliphatic rings. The van der Waals surface area contributed by atoms with Crippen LogP contribution < -0.4 is 4.74 Å². The van der Waals surface area contributed by atoms with Gasteiger partial charge in [-0.2, -0.15) is 0 Å². The van der Waals surface area contributed by atoms with E-state index in [2.05, 4.69) is 0 Å². The van der Waals surface area contributed by atoms with Crippen LogP contribution in [0.1, 0.15) is 45.9 Å². The zero-order valence-corrected chi connectivity index (χ0v) is 19.5. The highest BCUT2D eigenvalue weighted by atomic mass is 35.5. The molecule has 0 saturated carbocycles. The number of aromatic nitrogens is 1. The molecule has 0 radical (unpaired) electrons. The van der Waals surface area contributed by atoms with Crippen molar-refractivity contribution in [1.29, 1.82) is 0 Å². The molecule has 0 bridgehead atoms. The first-order valence-electron chi connectivity index (χ1n) is 11.3. The maximum Gasteiger partial charge on any atom is 0.313 e. The number of fused-ring (bicyclic) bond motifs is 3. The lowest BCUT2D eigenvalue weighted by Gasteiger charge is -2.23. The molecule has 1 aromatic heterocycles. The molecule has 5 nitrogen and oxygen atoms in total. The van der Waals surface area contributed by atoms with E-state index < -0.39 is 5.92 Å². The molecule has 34 heavy (non-hydrogen) atoms. The number of hydrogen-bond acceptors (Lipinski definition) is 4. The van der Waals surface area contributed by atoms with Gasteiger partial charge in [-0.1, -0.05) is 41.9 Å². The number of benzene rings is 3. The number of esters is 1. The van der Waals surface area contributed by atoms with Crippen LogP contribution in [0.2, 0.25) is 5.02 Å². The molecule has 0 saturated heterocycles. The van der Waals surface area contributed by atoms with Gasteiger partial charge in [0, 0.05) is 21.7 Å². The van der Waals surface area contributed by atoms with Crippen molar-refractivity contribution in [3.05, 3.63) is 100 Å². The molecule has 1 aliphatic carbocycles. The molecule has 1 heterocycles. The van der Waals surface area contributed by atoms with E-state index in [1.54, 1.807) is 35.9 Å². The van der Waals surface area contributed by atoms with Gasteiger partial charge in [0.05, 0.1) is 18.5 Å². The van der Waals surface area contributed by atoms with Crippen molar-refractivity contribution in [3.8, 4) is 5.75 Å². The second kappa shape index (κ2) is 9.35. The van der Waals surface area contributed by atoms with Crippen LogP contribution in [0.3, 0.4) is 0 Å². The Kier molecular flexibility index (Phi) is 6.12. The summed E-state index contributed by atoms with van der Waals surface area (Å²) in [5, 5.41) is 1.42. The topological polar surface area (TPSA) is 57.5 Å². The Hall–Kier alpha value is -3.57. The normalized spacial score (nSPS) is 15.1. The van der Waals surface area contributed by atoms with Gasteiger partial charge < -0.3 is 9.47 Å². The maximum atomic E-state index is 13.6. The Morgan fingerprint density at radius 3 is 2.53 bits per heavy atom. The van der Waals surface area contributed by atoms with Crippen LogP contribution in [0.15, 0.2) is 72.8 Å². The molecule has 0 N–H and O–H groups in total. The molecule has 0 amide bonds. The molecule has 4 aromatic rings. The number of ether oxygens (including phenoxy) is 2. The molecular formula is C28H24ClNO4.